The monoisotopic (exact) mass is 328 g/mol. The Morgan fingerprint density at radius 1 is 1.09 bits per heavy atom. The second-order valence-electron chi connectivity index (χ2n) is 4.66. The largest absolute Gasteiger partial charge is 0.287 e. The van der Waals surface area contributed by atoms with Crippen molar-refractivity contribution in [3.05, 3.63) is 81.1 Å². The van der Waals surface area contributed by atoms with E-state index in [1.54, 1.807) is 24.3 Å². The van der Waals surface area contributed by atoms with E-state index in [4.69, 9.17) is 11.6 Å². The highest BCUT2D eigenvalue weighted by Gasteiger charge is 2.15. The zero-order valence-electron chi connectivity index (χ0n) is 11.6. The minimum Gasteiger partial charge on any atom is -0.287 e. The number of carbonyl (C=O) groups is 1. The smallest absolute Gasteiger partial charge is 0.269 e. The molecule has 1 heterocycles. The number of non-ortho nitro benzene ring substituents is 1. The van der Waals surface area contributed by atoms with E-state index in [0.717, 1.165) is 0 Å². The van der Waals surface area contributed by atoms with Crippen molar-refractivity contribution >= 4 is 23.1 Å². The fourth-order valence-electron chi connectivity index (χ4n) is 1.97. The van der Waals surface area contributed by atoms with Crippen LogP contribution >= 0.6 is 11.6 Å². The van der Waals surface area contributed by atoms with Crippen LogP contribution in [0.1, 0.15) is 16.1 Å². The Balaban J connectivity index is 1.86. The van der Waals surface area contributed by atoms with Gasteiger partial charge in [-0.2, -0.15) is 0 Å². The highest BCUT2D eigenvalue weighted by atomic mass is 35.5. The van der Waals surface area contributed by atoms with Crippen LogP contribution in [0.25, 0.3) is 5.69 Å². The van der Waals surface area contributed by atoms with E-state index in [1.165, 1.54) is 35.1 Å². The predicted octanol–water partition coefficient (Wildman–Crippen LogP) is 3.06. The topological polar surface area (TPSA) is 90.9 Å². The van der Waals surface area contributed by atoms with E-state index in [0.29, 0.717) is 16.3 Å². The lowest BCUT2D eigenvalue weighted by Gasteiger charge is -1.99. The van der Waals surface area contributed by atoms with Crippen LogP contribution in [-0.2, 0) is 0 Å². The molecule has 0 N–H and O–H groups in total. The average Bonchev–Trinajstić information content (AvgIpc) is 3.05. The van der Waals surface area contributed by atoms with Gasteiger partial charge in [-0.25, -0.2) is 4.68 Å². The summed E-state index contributed by atoms with van der Waals surface area (Å²) < 4.78 is 1.45. The quantitative estimate of drug-likeness (QED) is 0.417. The number of nitrogens with zero attached hydrogens (tertiary/aromatic N) is 4. The van der Waals surface area contributed by atoms with E-state index >= 15 is 0 Å². The molecule has 0 radical (unpaired) electrons. The molecule has 0 unspecified atom stereocenters. The third-order valence-electron chi connectivity index (χ3n) is 3.16. The molecule has 23 heavy (non-hydrogen) atoms. The number of halogens is 1. The summed E-state index contributed by atoms with van der Waals surface area (Å²) in [6.45, 7) is 0. The number of aromatic nitrogens is 3. The summed E-state index contributed by atoms with van der Waals surface area (Å²) in [7, 11) is 0. The first-order valence-corrected chi connectivity index (χ1v) is 6.90. The zero-order valence-corrected chi connectivity index (χ0v) is 12.3. The third kappa shape index (κ3) is 3.09. The van der Waals surface area contributed by atoms with Crippen molar-refractivity contribution < 1.29 is 9.72 Å². The molecule has 7 nitrogen and oxygen atoms in total. The van der Waals surface area contributed by atoms with Crippen molar-refractivity contribution in [3.8, 4) is 5.69 Å². The third-order valence-corrected chi connectivity index (χ3v) is 3.41. The van der Waals surface area contributed by atoms with Crippen LogP contribution in [0.15, 0.2) is 54.7 Å². The van der Waals surface area contributed by atoms with Crippen LogP contribution in [0.3, 0.4) is 0 Å². The summed E-state index contributed by atoms with van der Waals surface area (Å²) in [6.07, 6.45) is 1.49. The molecule has 0 spiro atoms. The van der Waals surface area contributed by atoms with Crippen LogP contribution in [-0.4, -0.2) is 25.7 Å². The fraction of sp³-hybridized carbons (Fsp3) is 0. The summed E-state index contributed by atoms with van der Waals surface area (Å²) in [4.78, 5) is 22.4. The summed E-state index contributed by atoms with van der Waals surface area (Å²) in [5.74, 6) is -0.361. The minimum atomic E-state index is -0.523. The molecule has 0 aliphatic carbocycles. The van der Waals surface area contributed by atoms with Crippen molar-refractivity contribution in [2.24, 2.45) is 0 Å². The molecule has 0 bridgehead atoms. The number of hydrogen-bond donors (Lipinski definition) is 0. The molecule has 0 amide bonds. The minimum absolute atomic E-state index is 0.0774. The van der Waals surface area contributed by atoms with Crippen molar-refractivity contribution in [3.63, 3.8) is 0 Å². The number of nitro benzene ring substituents is 1. The zero-order chi connectivity index (χ0) is 16.4. The van der Waals surface area contributed by atoms with Gasteiger partial charge in [0, 0.05) is 22.7 Å². The van der Waals surface area contributed by atoms with Crippen molar-refractivity contribution in [1.82, 2.24) is 15.0 Å². The summed E-state index contributed by atoms with van der Waals surface area (Å²) in [5, 5.41) is 19.0. The van der Waals surface area contributed by atoms with Crippen LogP contribution < -0.4 is 0 Å². The standard InChI is InChI=1S/C15H9ClN4O3/c16-11-3-7-12(8-4-11)19-9-14(17-18-19)15(21)10-1-5-13(6-2-10)20(22)23/h1-9H. The second kappa shape index (κ2) is 5.98. The Labute approximate surface area is 135 Å². The van der Waals surface area contributed by atoms with Gasteiger partial charge in [0.15, 0.2) is 5.69 Å². The lowest BCUT2D eigenvalue weighted by Crippen LogP contribution is -2.02. The highest BCUT2D eigenvalue weighted by molar-refractivity contribution is 6.30. The molecule has 2 aromatic carbocycles. The average molecular weight is 329 g/mol. The van der Waals surface area contributed by atoms with Gasteiger partial charge in [-0.1, -0.05) is 16.8 Å². The van der Waals surface area contributed by atoms with Gasteiger partial charge < -0.3 is 0 Å². The van der Waals surface area contributed by atoms with Gasteiger partial charge in [-0.15, -0.1) is 5.10 Å². The van der Waals surface area contributed by atoms with Gasteiger partial charge in [0.25, 0.3) is 5.69 Å². The van der Waals surface area contributed by atoms with Gasteiger partial charge >= 0.3 is 0 Å². The summed E-state index contributed by atoms with van der Waals surface area (Å²) in [6, 6.07) is 12.2. The summed E-state index contributed by atoms with van der Waals surface area (Å²) in [5.41, 5.74) is 1.09. The summed E-state index contributed by atoms with van der Waals surface area (Å²) >= 11 is 5.82. The van der Waals surface area contributed by atoms with E-state index < -0.39 is 4.92 Å². The SMILES string of the molecule is O=C(c1ccc([N+](=O)[O-])cc1)c1cn(-c2ccc(Cl)cc2)nn1. The van der Waals surface area contributed by atoms with Crippen LogP contribution in [0.5, 0.6) is 0 Å². The Kier molecular flexibility index (Phi) is 3.86. The number of carbonyl (C=O) groups excluding carboxylic acids is 1. The molecule has 3 aromatic rings. The molecule has 114 valence electrons. The first kappa shape index (κ1) is 14.9. The lowest BCUT2D eigenvalue weighted by molar-refractivity contribution is -0.384. The van der Waals surface area contributed by atoms with Crippen molar-refractivity contribution in [2.45, 2.75) is 0 Å². The molecule has 0 aliphatic heterocycles. The first-order valence-electron chi connectivity index (χ1n) is 6.52. The van der Waals surface area contributed by atoms with E-state index in [-0.39, 0.29) is 17.2 Å². The lowest BCUT2D eigenvalue weighted by atomic mass is 10.1. The van der Waals surface area contributed by atoms with Gasteiger partial charge in [-0.05, 0) is 36.4 Å². The maximum Gasteiger partial charge on any atom is 0.269 e. The molecular formula is C15H9ClN4O3. The van der Waals surface area contributed by atoms with Gasteiger partial charge in [0.05, 0.1) is 16.8 Å². The molecule has 8 heteroatoms. The Bertz CT molecular complexity index is 872. The number of benzene rings is 2. The Morgan fingerprint density at radius 3 is 2.35 bits per heavy atom. The molecule has 0 saturated carbocycles. The van der Waals surface area contributed by atoms with E-state index in [9.17, 15) is 14.9 Å². The Morgan fingerprint density at radius 2 is 1.74 bits per heavy atom. The number of nitro groups is 1. The molecule has 0 saturated heterocycles. The first-order chi connectivity index (χ1) is 11.0. The molecule has 1 aromatic heterocycles. The van der Waals surface area contributed by atoms with Gasteiger partial charge in [0.1, 0.15) is 0 Å². The number of hydrogen-bond acceptors (Lipinski definition) is 5. The van der Waals surface area contributed by atoms with E-state index in [1.807, 2.05) is 0 Å². The molecular weight excluding hydrogens is 320 g/mol. The van der Waals surface area contributed by atoms with E-state index in [2.05, 4.69) is 10.3 Å². The molecule has 0 aliphatic rings. The number of rotatable bonds is 4. The normalized spacial score (nSPS) is 10.5. The van der Waals surface area contributed by atoms with Crippen LogP contribution in [0.4, 0.5) is 5.69 Å². The maximum absolute atomic E-state index is 12.3. The highest BCUT2D eigenvalue weighted by Crippen LogP contribution is 2.16. The van der Waals surface area contributed by atoms with Crippen molar-refractivity contribution in [2.75, 3.05) is 0 Å². The van der Waals surface area contributed by atoms with Crippen LogP contribution in [0.2, 0.25) is 5.02 Å². The van der Waals surface area contributed by atoms with Gasteiger partial charge in [-0.3, -0.25) is 14.9 Å². The predicted molar refractivity (Wildman–Crippen MR) is 82.9 cm³/mol. The van der Waals surface area contributed by atoms with Crippen molar-refractivity contribution in [1.29, 1.82) is 0 Å². The van der Waals surface area contributed by atoms with Crippen LogP contribution in [0, 0.1) is 10.1 Å². The second-order valence-corrected chi connectivity index (χ2v) is 5.09. The maximum atomic E-state index is 12.3. The molecule has 0 fully saturated rings. The fourth-order valence-corrected chi connectivity index (χ4v) is 2.10. The number of ketones is 1. The molecule has 0 atom stereocenters. The molecule has 3 rings (SSSR count). The Hall–Kier alpha value is -3.06. The van der Waals surface area contributed by atoms with Gasteiger partial charge in [0.2, 0.25) is 5.78 Å².